The fourth-order valence-corrected chi connectivity index (χ4v) is 5.00. The minimum Gasteiger partial charge on any atom is -0.507 e. The lowest BCUT2D eigenvalue weighted by Gasteiger charge is -2.27. The Balaban J connectivity index is 1.62. The van der Waals surface area contributed by atoms with Crippen LogP contribution in [-0.4, -0.2) is 28.3 Å². The topological polar surface area (TPSA) is 66.8 Å². The van der Waals surface area contributed by atoms with Crippen molar-refractivity contribution in [2.45, 2.75) is 51.6 Å². The average molecular weight is 500 g/mol. The molecule has 2 aliphatic heterocycles. The average Bonchev–Trinajstić information content (AvgIpc) is 3.13. The lowest BCUT2D eigenvalue weighted by molar-refractivity contribution is -0.140. The molecule has 3 aromatic rings. The molecule has 5 nitrogen and oxygen atoms in total. The molecule has 190 valence electrons. The number of hydrogen-bond donors (Lipinski definition) is 1. The number of halogens is 1. The van der Waals surface area contributed by atoms with Gasteiger partial charge in [0.1, 0.15) is 17.3 Å². The molecule has 1 amide bonds. The fraction of sp³-hybridized carbons (Fsp3) is 0.290. The summed E-state index contributed by atoms with van der Waals surface area (Å²) in [5.74, 6) is -1.25. The van der Waals surface area contributed by atoms with Crippen molar-refractivity contribution >= 4 is 17.4 Å². The summed E-state index contributed by atoms with van der Waals surface area (Å²) >= 11 is 0. The normalized spacial score (nSPS) is 19.0. The summed E-state index contributed by atoms with van der Waals surface area (Å²) in [6, 6.07) is 18.2. The van der Waals surface area contributed by atoms with Crippen LogP contribution in [0.25, 0.3) is 5.76 Å². The van der Waals surface area contributed by atoms with Crippen molar-refractivity contribution in [2.24, 2.45) is 0 Å². The molecule has 2 heterocycles. The van der Waals surface area contributed by atoms with E-state index in [0.717, 1.165) is 35.3 Å². The quantitative estimate of drug-likeness (QED) is 0.269. The van der Waals surface area contributed by atoms with E-state index in [1.807, 2.05) is 30.3 Å². The standard InChI is InChI=1S/C31H30FNO4/c1-31(2,3)23-11-8-20(9-12-23)27-26(28(34)22-10-15-25-21(17-22)5-4-16-37-25)29(35)30(36)33(27)18-19-6-13-24(32)14-7-19/h6-15,17,27,34H,4-5,16,18H2,1-3H3/b28-26-. The first-order valence-electron chi connectivity index (χ1n) is 12.5. The van der Waals surface area contributed by atoms with Crippen molar-refractivity contribution < 1.29 is 23.8 Å². The maximum atomic E-state index is 13.5. The molecule has 0 aromatic heterocycles. The largest absolute Gasteiger partial charge is 0.507 e. The van der Waals surface area contributed by atoms with Gasteiger partial charge in [0.05, 0.1) is 18.2 Å². The summed E-state index contributed by atoms with van der Waals surface area (Å²) in [7, 11) is 0. The number of aliphatic hydroxyl groups is 1. The summed E-state index contributed by atoms with van der Waals surface area (Å²) in [6.07, 6.45) is 1.69. The molecule has 37 heavy (non-hydrogen) atoms. The van der Waals surface area contributed by atoms with Gasteiger partial charge in [-0.3, -0.25) is 9.59 Å². The number of carbonyl (C=O) groups is 2. The Hall–Kier alpha value is -3.93. The Labute approximate surface area is 216 Å². The van der Waals surface area contributed by atoms with Gasteiger partial charge in [0, 0.05) is 12.1 Å². The van der Waals surface area contributed by atoms with Crippen molar-refractivity contribution in [1.29, 1.82) is 0 Å². The number of nitrogens with zero attached hydrogens (tertiary/aromatic N) is 1. The number of likely N-dealkylation sites (tertiary alicyclic amines) is 1. The molecule has 3 aromatic carbocycles. The highest BCUT2D eigenvalue weighted by Crippen LogP contribution is 2.41. The number of aliphatic hydroxyl groups excluding tert-OH is 1. The van der Waals surface area contributed by atoms with Crippen molar-refractivity contribution in [3.63, 3.8) is 0 Å². The molecule has 6 heteroatoms. The lowest BCUT2D eigenvalue weighted by atomic mass is 9.85. The van der Waals surface area contributed by atoms with Crippen LogP contribution in [0, 0.1) is 5.82 Å². The number of ketones is 1. The van der Waals surface area contributed by atoms with Gasteiger partial charge in [-0.05, 0) is 70.8 Å². The molecule has 0 aliphatic carbocycles. The van der Waals surface area contributed by atoms with Gasteiger partial charge in [-0.2, -0.15) is 0 Å². The number of hydrogen-bond acceptors (Lipinski definition) is 4. The van der Waals surface area contributed by atoms with Gasteiger partial charge < -0.3 is 14.7 Å². The Morgan fingerprint density at radius 1 is 1.03 bits per heavy atom. The minimum atomic E-state index is -0.786. The maximum Gasteiger partial charge on any atom is 0.295 e. The smallest absolute Gasteiger partial charge is 0.295 e. The number of carbonyl (C=O) groups excluding carboxylic acids is 2. The van der Waals surface area contributed by atoms with E-state index in [0.29, 0.717) is 17.7 Å². The highest BCUT2D eigenvalue weighted by atomic mass is 19.1. The van der Waals surface area contributed by atoms with Gasteiger partial charge in [0.25, 0.3) is 11.7 Å². The van der Waals surface area contributed by atoms with E-state index in [1.165, 1.54) is 17.0 Å². The van der Waals surface area contributed by atoms with Crippen LogP contribution >= 0.6 is 0 Å². The van der Waals surface area contributed by atoms with Crippen LogP contribution in [0.5, 0.6) is 5.75 Å². The van der Waals surface area contributed by atoms with Gasteiger partial charge in [0.2, 0.25) is 0 Å². The summed E-state index contributed by atoms with van der Waals surface area (Å²) in [5, 5.41) is 11.4. The third-order valence-electron chi connectivity index (χ3n) is 7.08. The highest BCUT2D eigenvalue weighted by Gasteiger charge is 2.46. The Morgan fingerprint density at radius 2 is 1.73 bits per heavy atom. The number of ether oxygens (including phenoxy) is 1. The second-order valence-electron chi connectivity index (χ2n) is 10.7. The molecule has 5 rings (SSSR count). The van der Waals surface area contributed by atoms with Gasteiger partial charge in [0.15, 0.2) is 0 Å². The third-order valence-corrected chi connectivity index (χ3v) is 7.08. The van der Waals surface area contributed by atoms with E-state index in [4.69, 9.17) is 4.74 Å². The first-order valence-corrected chi connectivity index (χ1v) is 12.5. The predicted molar refractivity (Wildman–Crippen MR) is 140 cm³/mol. The first kappa shape index (κ1) is 24.8. The van der Waals surface area contributed by atoms with Crippen LogP contribution in [-0.2, 0) is 28.0 Å². The van der Waals surface area contributed by atoms with E-state index < -0.39 is 17.7 Å². The van der Waals surface area contributed by atoms with Crippen LogP contribution in [0.1, 0.15) is 61.1 Å². The molecule has 1 unspecified atom stereocenters. The molecule has 0 bridgehead atoms. The monoisotopic (exact) mass is 499 g/mol. The van der Waals surface area contributed by atoms with Crippen LogP contribution in [0.15, 0.2) is 72.3 Å². The maximum absolute atomic E-state index is 13.5. The number of fused-ring (bicyclic) bond motifs is 1. The van der Waals surface area contributed by atoms with Crippen LogP contribution in [0.2, 0.25) is 0 Å². The second-order valence-corrected chi connectivity index (χ2v) is 10.7. The van der Waals surface area contributed by atoms with Gasteiger partial charge in [-0.1, -0.05) is 57.2 Å². The molecule has 1 N–H and O–H groups in total. The summed E-state index contributed by atoms with van der Waals surface area (Å²) in [4.78, 5) is 28.1. The molecule has 0 saturated carbocycles. The van der Waals surface area contributed by atoms with Crippen molar-refractivity contribution in [3.05, 3.63) is 106 Å². The van der Waals surface area contributed by atoms with Crippen molar-refractivity contribution in [3.8, 4) is 5.75 Å². The molecule has 0 radical (unpaired) electrons. The molecular formula is C31H30FNO4. The summed E-state index contributed by atoms with van der Waals surface area (Å²) < 4.78 is 19.2. The Morgan fingerprint density at radius 3 is 2.41 bits per heavy atom. The zero-order valence-corrected chi connectivity index (χ0v) is 21.3. The molecule has 2 aliphatic rings. The number of benzene rings is 3. The van der Waals surface area contributed by atoms with Gasteiger partial charge in [-0.25, -0.2) is 4.39 Å². The fourth-order valence-electron chi connectivity index (χ4n) is 5.00. The molecule has 1 fully saturated rings. The first-order chi connectivity index (χ1) is 17.6. The van der Waals surface area contributed by atoms with E-state index in [9.17, 15) is 19.1 Å². The van der Waals surface area contributed by atoms with Crippen molar-refractivity contribution in [1.82, 2.24) is 4.90 Å². The minimum absolute atomic E-state index is 0.0484. The van der Waals surface area contributed by atoms with E-state index in [2.05, 4.69) is 20.8 Å². The number of Topliss-reactive ketones (excluding diaryl/α,β-unsaturated/α-hetero) is 1. The zero-order valence-electron chi connectivity index (χ0n) is 21.3. The summed E-state index contributed by atoms with van der Waals surface area (Å²) in [6.45, 7) is 7.09. The number of amides is 1. The molecule has 1 saturated heterocycles. The van der Waals surface area contributed by atoms with Crippen LogP contribution < -0.4 is 4.74 Å². The molecule has 0 spiro atoms. The van der Waals surface area contributed by atoms with E-state index in [-0.39, 0.29) is 29.1 Å². The van der Waals surface area contributed by atoms with Gasteiger partial charge in [-0.15, -0.1) is 0 Å². The van der Waals surface area contributed by atoms with Gasteiger partial charge >= 0.3 is 0 Å². The van der Waals surface area contributed by atoms with E-state index >= 15 is 0 Å². The molecule has 1 atom stereocenters. The summed E-state index contributed by atoms with van der Waals surface area (Å²) in [5.41, 5.74) is 3.93. The van der Waals surface area contributed by atoms with E-state index in [1.54, 1.807) is 24.3 Å². The highest BCUT2D eigenvalue weighted by molar-refractivity contribution is 6.46. The van der Waals surface area contributed by atoms with Crippen LogP contribution in [0.3, 0.4) is 0 Å². The number of aryl methyl sites for hydroxylation is 1. The third kappa shape index (κ3) is 4.76. The Bertz CT molecular complexity index is 1380. The molecular weight excluding hydrogens is 469 g/mol. The Kier molecular flexibility index (Phi) is 6.36. The number of rotatable bonds is 4. The lowest BCUT2D eigenvalue weighted by Crippen LogP contribution is -2.29. The predicted octanol–water partition coefficient (Wildman–Crippen LogP) is 6.07. The van der Waals surface area contributed by atoms with Crippen molar-refractivity contribution in [2.75, 3.05) is 6.61 Å². The SMILES string of the molecule is CC(C)(C)c1ccc(C2/C(=C(/O)c3ccc4c(c3)CCCO4)C(=O)C(=O)N2Cc2ccc(F)cc2)cc1. The second kappa shape index (κ2) is 9.51. The van der Waals surface area contributed by atoms with Crippen LogP contribution in [0.4, 0.5) is 4.39 Å². The zero-order chi connectivity index (χ0) is 26.3.